The number of ketones is 2. The van der Waals surface area contributed by atoms with E-state index in [0.29, 0.717) is 17.6 Å². The number of Topliss-reactive ketones (excluding diaryl/α,β-unsaturated/α-hetero) is 2. The van der Waals surface area contributed by atoms with E-state index in [1.54, 1.807) is 6.92 Å². The molecule has 1 rings (SSSR count). The van der Waals surface area contributed by atoms with Crippen molar-refractivity contribution in [3.63, 3.8) is 0 Å². The van der Waals surface area contributed by atoms with Crippen LogP contribution in [0.25, 0.3) is 0 Å². The largest absolute Gasteiger partial charge is 0.489 e. The summed E-state index contributed by atoms with van der Waals surface area (Å²) in [6.45, 7) is 26.3. The van der Waals surface area contributed by atoms with Gasteiger partial charge in [-0.05, 0) is 205 Å². The van der Waals surface area contributed by atoms with Crippen LogP contribution in [0.3, 0.4) is 0 Å². The van der Waals surface area contributed by atoms with E-state index in [1.807, 2.05) is 0 Å². The first-order valence-corrected chi connectivity index (χ1v) is 24.1. The second-order valence-corrected chi connectivity index (χ2v) is 18.6. The van der Waals surface area contributed by atoms with Crippen LogP contribution in [-0.2, 0) is 19.1 Å². The van der Waals surface area contributed by atoms with Gasteiger partial charge in [0.15, 0.2) is 0 Å². The fourth-order valence-corrected chi connectivity index (χ4v) is 7.59. The summed E-state index contributed by atoms with van der Waals surface area (Å²) in [5.74, 6) is -0.572. The van der Waals surface area contributed by atoms with Crippen LogP contribution in [0.1, 0.15) is 205 Å². The number of carbonyl (C=O) groups excluding carboxylic acids is 2. The Kier molecular flexibility index (Phi) is 30.1. The molecule has 350 valence electrons. The number of hydrogen-bond donors (Lipinski definition) is 0. The summed E-state index contributed by atoms with van der Waals surface area (Å²) >= 11 is 0. The van der Waals surface area contributed by atoms with E-state index in [9.17, 15) is 9.59 Å². The van der Waals surface area contributed by atoms with Crippen molar-refractivity contribution in [1.82, 2.24) is 0 Å². The molecular weight excluding hydrogens is 774 g/mol. The van der Waals surface area contributed by atoms with Gasteiger partial charge in [0.05, 0.1) is 14.2 Å². The van der Waals surface area contributed by atoms with Gasteiger partial charge < -0.3 is 9.47 Å². The molecule has 4 nitrogen and oxygen atoms in total. The van der Waals surface area contributed by atoms with Gasteiger partial charge in [-0.3, -0.25) is 9.59 Å². The highest BCUT2D eigenvalue weighted by molar-refractivity contribution is 6.23. The lowest BCUT2D eigenvalue weighted by Gasteiger charge is -2.19. The van der Waals surface area contributed by atoms with Gasteiger partial charge in [0, 0.05) is 11.1 Å². The van der Waals surface area contributed by atoms with Gasteiger partial charge in [-0.2, -0.15) is 0 Å². The highest BCUT2D eigenvalue weighted by Gasteiger charge is 2.34. The average molecular weight is 864 g/mol. The third kappa shape index (κ3) is 26.3. The SMILES string of the molecule is COC1=[13C](OC)C(=O)C(C)=C(C/C=C(\C)CC/C=C(\C)CC/C=C(\C)CC/C=C(\C)CC/C=C(\C)CC/C=C(\C)CC/C=C(\C)CC/C=C(\C)CC/C=C(\C)CCC=C(C)C)C1=O. The molecule has 0 aliphatic heterocycles. The normalized spacial score (nSPS) is 15.9. The first-order valence-electron chi connectivity index (χ1n) is 24.1. The van der Waals surface area contributed by atoms with Gasteiger partial charge in [0.25, 0.3) is 0 Å². The van der Waals surface area contributed by atoms with Gasteiger partial charge in [0.1, 0.15) is 0 Å². The summed E-state index contributed by atoms with van der Waals surface area (Å²) in [5, 5.41) is 0. The van der Waals surface area contributed by atoms with E-state index in [4.69, 9.17) is 9.47 Å². The lowest BCUT2D eigenvalue weighted by atomic mass is 9.95. The van der Waals surface area contributed by atoms with E-state index in [2.05, 4.69) is 137 Å². The zero-order valence-corrected chi connectivity index (χ0v) is 42.8. The van der Waals surface area contributed by atoms with Crippen LogP contribution < -0.4 is 0 Å². The molecule has 0 saturated heterocycles. The second kappa shape index (κ2) is 33.3. The second-order valence-electron chi connectivity index (χ2n) is 18.6. The minimum atomic E-state index is -0.284. The average Bonchev–Trinajstić information content (AvgIpc) is 3.21. The molecule has 0 spiro atoms. The minimum Gasteiger partial charge on any atom is -0.489 e. The molecule has 1 aliphatic carbocycles. The minimum absolute atomic E-state index is 0.00667. The molecule has 0 atom stereocenters. The molecule has 0 fully saturated rings. The Balaban J connectivity index is 2.31. The van der Waals surface area contributed by atoms with Crippen LogP contribution in [0.5, 0.6) is 0 Å². The Bertz CT molecular complexity index is 1840. The Labute approximate surface area is 387 Å². The fourth-order valence-electron chi connectivity index (χ4n) is 7.59. The van der Waals surface area contributed by atoms with Gasteiger partial charge in [-0.15, -0.1) is 0 Å². The van der Waals surface area contributed by atoms with Crippen molar-refractivity contribution in [3.8, 4) is 0 Å². The van der Waals surface area contributed by atoms with Crippen molar-refractivity contribution in [3.05, 3.63) is 139 Å². The van der Waals surface area contributed by atoms with Crippen molar-refractivity contribution in [2.24, 2.45) is 0 Å². The standard InChI is InChI=1S/C59H90O4/c1-44(2)24-15-25-45(3)26-16-27-46(4)28-17-29-47(5)30-18-31-48(6)32-19-33-49(7)34-20-35-50(8)36-21-37-51(9)38-22-39-52(10)40-23-41-53(11)42-43-55-54(12)56(60)58(62-13)59(63-14)57(55)61/h24,26,28,30,32,34,36,38,40,42H,15-23,25,27,29,31,33,35,37,39,41,43H2,1-14H3/b45-26+,46-28+,47-30+,48-32+,49-34+,50-36+,51-38+,52-40+,53-42+/i58+1. The van der Waals surface area contributed by atoms with Gasteiger partial charge in [0.2, 0.25) is 23.1 Å². The van der Waals surface area contributed by atoms with Crippen molar-refractivity contribution in [2.75, 3.05) is 14.2 Å². The predicted molar refractivity (Wildman–Crippen MR) is 275 cm³/mol. The molecule has 0 amide bonds. The van der Waals surface area contributed by atoms with E-state index in [0.717, 1.165) is 96.3 Å². The molecule has 0 radical (unpaired) electrons. The Morgan fingerprint density at radius 2 is 0.571 bits per heavy atom. The van der Waals surface area contributed by atoms with Crippen LogP contribution in [-0.4, -0.2) is 25.8 Å². The molecule has 0 unspecified atom stereocenters. The first kappa shape index (κ1) is 56.8. The first-order chi connectivity index (χ1) is 30.0. The van der Waals surface area contributed by atoms with Crippen LogP contribution in [0, 0.1) is 0 Å². The predicted octanol–water partition coefficient (Wildman–Crippen LogP) is 17.9. The highest BCUT2D eigenvalue weighted by Crippen LogP contribution is 2.28. The summed E-state index contributed by atoms with van der Waals surface area (Å²) in [6.07, 6.45) is 44.3. The van der Waals surface area contributed by atoms with Gasteiger partial charge >= 0.3 is 0 Å². The number of ether oxygens (including phenoxy) is 2. The summed E-state index contributed by atoms with van der Waals surface area (Å²) in [5.41, 5.74) is 15.5. The maximum Gasteiger partial charge on any atom is 0.228 e. The highest BCUT2D eigenvalue weighted by atomic mass is 16.6. The van der Waals surface area contributed by atoms with E-state index >= 15 is 0 Å². The molecule has 0 aromatic heterocycles. The number of allylic oxidation sites excluding steroid dienone is 22. The number of methoxy groups -OCH3 is 2. The lowest BCUT2D eigenvalue weighted by molar-refractivity contribution is -0.121. The van der Waals surface area contributed by atoms with Crippen molar-refractivity contribution in [2.45, 2.75) is 205 Å². The monoisotopic (exact) mass is 864 g/mol. The third-order valence-corrected chi connectivity index (χ3v) is 12.1. The van der Waals surface area contributed by atoms with Crippen LogP contribution >= 0.6 is 0 Å². The molecular formula is C59H90O4. The molecule has 1 aliphatic rings. The summed E-state index contributed by atoms with van der Waals surface area (Å²) in [6, 6.07) is 0. The topological polar surface area (TPSA) is 52.6 Å². The maximum absolute atomic E-state index is 12.9. The fraction of sp³-hybridized carbons (Fsp3) is 0.559. The number of carbonyl (C=O) groups is 2. The van der Waals surface area contributed by atoms with Gasteiger partial charge in [-0.25, -0.2) is 0 Å². The quantitative estimate of drug-likeness (QED) is 0.0396. The molecule has 0 saturated carbocycles. The number of rotatable bonds is 31. The Morgan fingerprint density at radius 1 is 0.349 bits per heavy atom. The molecule has 4 heteroatoms. The van der Waals surface area contributed by atoms with Crippen molar-refractivity contribution < 1.29 is 19.1 Å². The molecule has 0 aromatic carbocycles. The Hall–Kier alpha value is -4.18. The Morgan fingerprint density at radius 3 is 0.810 bits per heavy atom. The third-order valence-electron chi connectivity index (χ3n) is 12.1. The summed E-state index contributed by atoms with van der Waals surface area (Å²) in [7, 11) is 2.78. The lowest BCUT2D eigenvalue weighted by Crippen LogP contribution is -2.24. The van der Waals surface area contributed by atoms with E-state index < -0.39 is 0 Å². The van der Waals surface area contributed by atoms with Crippen LogP contribution in [0.4, 0.5) is 0 Å². The van der Waals surface area contributed by atoms with Crippen LogP contribution in [0.2, 0.25) is 0 Å². The van der Waals surface area contributed by atoms with Crippen molar-refractivity contribution >= 4 is 11.6 Å². The summed E-state index contributed by atoms with van der Waals surface area (Å²) in [4.78, 5) is 25.5. The van der Waals surface area contributed by atoms with E-state index in [-0.39, 0.29) is 23.1 Å². The molecule has 0 N–H and O–H groups in total. The smallest absolute Gasteiger partial charge is 0.228 e. The molecule has 0 aromatic rings. The van der Waals surface area contributed by atoms with E-state index in [1.165, 1.54) is 89.2 Å². The van der Waals surface area contributed by atoms with Crippen LogP contribution in [0.15, 0.2) is 139 Å². The number of hydrogen-bond acceptors (Lipinski definition) is 4. The zero-order valence-electron chi connectivity index (χ0n) is 42.8. The summed E-state index contributed by atoms with van der Waals surface area (Å²) < 4.78 is 10.3. The molecule has 63 heavy (non-hydrogen) atoms. The molecule has 0 heterocycles. The zero-order chi connectivity index (χ0) is 47.2. The maximum atomic E-state index is 12.9. The van der Waals surface area contributed by atoms with Crippen molar-refractivity contribution in [1.29, 1.82) is 0 Å². The molecule has 0 bridgehead atoms. The van der Waals surface area contributed by atoms with Gasteiger partial charge in [-0.1, -0.05) is 116 Å².